The van der Waals surface area contributed by atoms with Crippen LogP contribution in [-0.2, 0) is 4.79 Å². The molecule has 130 valence electrons. The minimum atomic E-state index is -0.741. The first kappa shape index (κ1) is 16.7. The number of amides is 3. The Hall–Kier alpha value is -2.11. The van der Waals surface area contributed by atoms with Crippen LogP contribution >= 0.6 is 0 Å². The first-order valence-corrected chi connectivity index (χ1v) is 8.64. The Labute approximate surface area is 141 Å². The first-order valence-electron chi connectivity index (χ1n) is 8.64. The van der Waals surface area contributed by atoms with Crippen LogP contribution < -0.4 is 10.1 Å². The van der Waals surface area contributed by atoms with Gasteiger partial charge in [-0.15, -0.1) is 0 Å². The Morgan fingerprint density at radius 1 is 1.08 bits per heavy atom. The van der Waals surface area contributed by atoms with Crippen LogP contribution in [0.3, 0.4) is 0 Å². The number of hydrogen-bond donors (Lipinski definition) is 1. The molecule has 1 aliphatic carbocycles. The van der Waals surface area contributed by atoms with Gasteiger partial charge in [0.2, 0.25) is 0 Å². The lowest BCUT2D eigenvalue weighted by Crippen LogP contribution is -2.47. The molecule has 1 N–H and O–H groups in total. The van der Waals surface area contributed by atoms with E-state index in [0.717, 1.165) is 25.7 Å². The number of nitrogens with zero attached hydrogens (tertiary/aromatic N) is 1. The Morgan fingerprint density at radius 2 is 1.75 bits per heavy atom. The molecule has 3 amide bonds. The maximum absolute atomic E-state index is 13.5. The Kier molecular flexibility index (Phi) is 5.02. The van der Waals surface area contributed by atoms with E-state index in [9.17, 15) is 14.0 Å². The molecule has 0 radical (unpaired) electrons. The quantitative estimate of drug-likeness (QED) is 0.860. The molecule has 1 aliphatic heterocycles. The molecule has 1 aromatic carbocycles. The third-order valence-electron chi connectivity index (χ3n) is 4.86. The second kappa shape index (κ2) is 7.20. The van der Waals surface area contributed by atoms with Crippen LogP contribution in [0.25, 0.3) is 0 Å². The third kappa shape index (κ3) is 3.37. The second-order valence-electron chi connectivity index (χ2n) is 6.52. The van der Waals surface area contributed by atoms with Gasteiger partial charge in [-0.3, -0.25) is 9.69 Å². The van der Waals surface area contributed by atoms with Gasteiger partial charge in [0, 0.05) is 0 Å². The van der Waals surface area contributed by atoms with E-state index in [1.54, 1.807) is 12.1 Å². The number of ether oxygens (including phenoxy) is 1. The Morgan fingerprint density at radius 3 is 2.46 bits per heavy atom. The van der Waals surface area contributed by atoms with Gasteiger partial charge in [-0.25, -0.2) is 9.18 Å². The lowest BCUT2D eigenvalue weighted by atomic mass is 9.84. The summed E-state index contributed by atoms with van der Waals surface area (Å²) in [6.45, 7) is 0.205. The number of urea groups is 1. The van der Waals surface area contributed by atoms with Crippen LogP contribution in [0.4, 0.5) is 9.18 Å². The highest BCUT2D eigenvalue weighted by atomic mass is 19.1. The number of carbonyl (C=O) groups excluding carboxylic acids is 2. The summed E-state index contributed by atoms with van der Waals surface area (Å²) in [7, 11) is 0. The topological polar surface area (TPSA) is 58.6 Å². The third-order valence-corrected chi connectivity index (χ3v) is 4.86. The molecule has 5 nitrogen and oxygen atoms in total. The lowest BCUT2D eigenvalue weighted by Gasteiger charge is -2.28. The number of imide groups is 1. The van der Waals surface area contributed by atoms with Crippen molar-refractivity contribution in [2.24, 2.45) is 0 Å². The zero-order valence-electron chi connectivity index (χ0n) is 13.7. The molecular weight excluding hydrogens is 311 g/mol. The Bertz CT molecular complexity index is 612. The van der Waals surface area contributed by atoms with Gasteiger partial charge in [0.1, 0.15) is 12.1 Å². The van der Waals surface area contributed by atoms with Crippen LogP contribution in [0, 0.1) is 5.82 Å². The second-order valence-corrected chi connectivity index (χ2v) is 6.52. The van der Waals surface area contributed by atoms with Crippen LogP contribution in [0.15, 0.2) is 24.3 Å². The van der Waals surface area contributed by atoms with E-state index in [4.69, 9.17) is 4.74 Å². The van der Waals surface area contributed by atoms with Gasteiger partial charge in [-0.05, 0) is 25.0 Å². The van der Waals surface area contributed by atoms with E-state index in [2.05, 4.69) is 5.32 Å². The summed E-state index contributed by atoms with van der Waals surface area (Å²) < 4.78 is 18.9. The highest BCUT2D eigenvalue weighted by Gasteiger charge is 2.50. The molecule has 6 heteroatoms. The number of carbonyl (C=O) groups is 2. The number of para-hydroxylation sites is 1. The van der Waals surface area contributed by atoms with E-state index in [1.165, 1.54) is 23.5 Å². The summed E-state index contributed by atoms with van der Waals surface area (Å²) in [6.07, 6.45) is 6.68. The average Bonchev–Trinajstić information content (AvgIpc) is 2.78. The van der Waals surface area contributed by atoms with E-state index in [1.807, 2.05) is 0 Å². The molecule has 1 spiro atoms. The van der Waals surface area contributed by atoms with Gasteiger partial charge in [-0.2, -0.15) is 0 Å². The fourth-order valence-corrected chi connectivity index (χ4v) is 3.54. The zero-order chi connectivity index (χ0) is 17.0. The van der Waals surface area contributed by atoms with Crippen molar-refractivity contribution in [1.29, 1.82) is 0 Å². The molecule has 1 saturated heterocycles. The minimum Gasteiger partial charge on any atom is -0.489 e. The van der Waals surface area contributed by atoms with Crippen molar-refractivity contribution in [3.63, 3.8) is 0 Å². The predicted molar refractivity (Wildman–Crippen MR) is 87.2 cm³/mol. The molecule has 24 heavy (non-hydrogen) atoms. The molecular formula is C18H23FN2O3. The normalized spacial score (nSPS) is 20.6. The van der Waals surface area contributed by atoms with Crippen molar-refractivity contribution < 1.29 is 18.7 Å². The standard InChI is InChI=1S/C18H23FN2O3/c19-14-8-4-5-9-15(14)24-13-12-21-16(22)18(20-17(21)23)10-6-2-1-3-7-11-18/h4-5,8-9H,1-3,6-7,10-13H2,(H,20,23). The van der Waals surface area contributed by atoms with Crippen molar-refractivity contribution in [2.75, 3.05) is 13.2 Å². The number of rotatable bonds is 4. The molecule has 0 bridgehead atoms. The molecule has 0 aromatic heterocycles. The maximum Gasteiger partial charge on any atom is 0.325 e. The molecule has 3 rings (SSSR count). The molecule has 1 saturated carbocycles. The van der Waals surface area contributed by atoms with Gasteiger partial charge >= 0.3 is 6.03 Å². The van der Waals surface area contributed by atoms with E-state index < -0.39 is 11.4 Å². The van der Waals surface area contributed by atoms with Crippen molar-refractivity contribution in [3.8, 4) is 5.75 Å². The molecule has 2 aliphatic rings. The van der Waals surface area contributed by atoms with Crippen molar-refractivity contribution in [2.45, 2.75) is 50.5 Å². The van der Waals surface area contributed by atoms with Crippen LogP contribution in [0.2, 0.25) is 0 Å². The lowest BCUT2D eigenvalue weighted by molar-refractivity contribution is -0.132. The molecule has 0 atom stereocenters. The van der Waals surface area contributed by atoms with Crippen molar-refractivity contribution in [1.82, 2.24) is 10.2 Å². The van der Waals surface area contributed by atoms with Crippen LogP contribution in [0.1, 0.15) is 44.9 Å². The molecule has 0 unspecified atom stereocenters. The predicted octanol–water partition coefficient (Wildman–Crippen LogP) is 3.24. The summed E-state index contributed by atoms with van der Waals surface area (Å²) in [4.78, 5) is 26.2. The monoisotopic (exact) mass is 334 g/mol. The van der Waals surface area contributed by atoms with Crippen LogP contribution in [0.5, 0.6) is 5.75 Å². The maximum atomic E-state index is 13.5. The van der Waals surface area contributed by atoms with Gasteiger partial charge in [0.05, 0.1) is 6.54 Å². The largest absolute Gasteiger partial charge is 0.489 e. The fourth-order valence-electron chi connectivity index (χ4n) is 3.54. The zero-order valence-corrected chi connectivity index (χ0v) is 13.7. The molecule has 2 fully saturated rings. The summed E-state index contributed by atoms with van der Waals surface area (Å²) in [5.41, 5.74) is -0.741. The Balaban J connectivity index is 1.61. The first-order chi connectivity index (χ1) is 11.6. The van der Waals surface area contributed by atoms with E-state index >= 15 is 0 Å². The van der Waals surface area contributed by atoms with E-state index in [-0.39, 0.29) is 30.8 Å². The molecule has 1 aromatic rings. The highest BCUT2D eigenvalue weighted by Crippen LogP contribution is 2.32. The number of benzene rings is 1. The summed E-state index contributed by atoms with van der Waals surface area (Å²) in [6, 6.07) is 5.73. The highest BCUT2D eigenvalue weighted by molar-refractivity contribution is 6.07. The van der Waals surface area contributed by atoms with Crippen molar-refractivity contribution >= 4 is 11.9 Å². The van der Waals surface area contributed by atoms with Gasteiger partial charge in [0.15, 0.2) is 11.6 Å². The number of halogens is 1. The number of hydrogen-bond acceptors (Lipinski definition) is 3. The minimum absolute atomic E-state index is 0.0795. The van der Waals surface area contributed by atoms with Gasteiger partial charge < -0.3 is 10.1 Å². The smallest absolute Gasteiger partial charge is 0.325 e. The summed E-state index contributed by atoms with van der Waals surface area (Å²) >= 11 is 0. The van der Waals surface area contributed by atoms with E-state index in [0.29, 0.717) is 12.8 Å². The van der Waals surface area contributed by atoms with Gasteiger partial charge in [0.25, 0.3) is 5.91 Å². The average molecular weight is 334 g/mol. The SMILES string of the molecule is O=C1NC2(CCCCCCC2)C(=O)N1CCOc1ccccc1F. The summed E-state index contributed by atoms with van der Waals surface area (Å²) in [5, 5.41) is 2.90. The molecule has 1 heterocycles. The number of nitrogens with one attached hydrogen (secondary N) is 1. The fraction of sp³-hybridized carbons (Fsp3) is 0.556. The summed E-state index contributed by atoms with van der Waals surface area (Å²) in [5.74, 6) is -0.483. The van der Waals surface area contributed by atoms with Gasteiger partial charge in [-0.1, -0.05) is 44.2 Å². The van der Waals surface area contributed by atoms with Crippen LogP contribution in [-0.4, -0.2) is 35.5 Å². The van der Waals surface area contributed by atoms with Crippen molar-refractivity contribution in [3.05, 3.63) is 30.1 Å².